The molecular formula is C20H30FN5S. The number of guanidine groups is 1. The first-order chi connectivity index (χ1) is 13.1. The van der Waals surface area contributed by atoms with E-state index in [1.807, 2.05) is 23.9 Å². The number of aromatic nitrogens is 2. The van der Waals surface area contributed by atoms with Crippen LogP contribution in [-0.2, 0) is 26.4 Å². The van der Waals surface area contributed by atoms with Gasteiger partial charge in [0.15, 0.2) is 5.96 Å². The molecule has 0 saturated carbocycles. The Balaban J connectivity index is 1.75. The maximum Gasteiger partial charge on any atom is 0.191 e. The van der Waals surface area contributed by atoms with Gasteiger partial charge in [-0.15, -0.1) is 11.8 Å². The number of nitrogens with zero attached hydrogens (tertiary/aromatic N) is 3. The minimum atomic E-state index is -0.193. The third-order valence-electron chi connectivity index (χ3n) is 4.38. The first-order valence-corrected chi connectivity index (χ1v) is 10.4. The largest absolute Gasteiger partial charge is 0.356 e. The molecule has 27 heavy (non-hydrogen) atoms. The van der Waals surface area contributed by atoms with Crippen LogP contribution in [-0.4, -0.2) is 35.1 Å². The number of nitrogens with one attached hydrogen (secondary N) is 2. The molecule has 0 aliphatic heterocycles. The minimum Gasteiger partial charge on any atom is -0.356 e. The Morgan fingerprint density at radius 2 is 1.93 bits per heavy atom. The summed E-state index contributed by atoms with van der Waals surface area (Å²) in [6.45, 7) is 5.86. The van der Waals surface area contributed by atoms with E-state index in [1.54, 1.807) is 18.8 Å². The van der Waals surface area contributed by atoms with Crippen molar-refractivity contribution >= 4 is 17.7 Å². The quantitative estimate of drug-likeness (QED) is 0.297. The molecule has 0 unspecified atom stereocenters. The summed E-state index contributed by atoms with van der Waals surface area (Å²) in [5, 5.41) is 11.4. The van der Waals surface area contributed by atoms with Crippen molar-refractivity contribution in [2.45, 2.75) is 44.6 Å². The Bertz CT molecular complexity index is 740. The number of benzene rings is 1. The van der Waals surface area contributed by atoms with E-state index in [1.165, 1.54) is 23.4 Å². The van der Waals surface area contributed by atoms with Crippen LogP contribution in [0.4, 0.5) is 4.39 Å². The summed E-state index contributed by atoms with van der Waals surface area (Å²) in [7, 11) is 3.79. The van der Waals surface area contributed by atoms with Gasteiger partial charge in [-0.05, 0) is 49.3 Å². The first-order valence-electron chi connectivity index (χ1n) is 9.45. The van der Waals surface area contributed by atoms with Crippen molar-refractivity contribution in [1.29, 1.82) is 0 Å². The van der Waals surface area contributed by atoms with Gasteiger partial charge in [0, 0.05) is 43.3 Å². The predicted molar refractivity (Wildman–Crippen MR) is 112 cm³/mol. The number of halogens is 1. The van der Waals surface area contributed by atoms with Gasteiger partial charge < -0.3 is 10.6 Å². The van der Waals surface area contributed by atoms with Crippen molar-refractivity contribution in [1.82, 2.24) is 20.4 Å². The van der Waals surface area contributed by atoms with Gasteiger partial charge >= 0.3 is 0 Å². The molecule has 0 aliphatic rings. The molecule has 0 saturated heterocycles. The van der Waals surface area contributed by atoms with E-state index in [-0.39, 0.29) is 5.82 Å². The normalized spacial score (nSPS) is 11.7. The summed E-state index contributed by atoms with van der Waals surface area (Å²) < 4.78 is 14.9. The Morgan fingerprint density at radius 3 is 2.56 bits per heavy atom. The van der Waals surface area contributed by atoms with Crippen LogP contribution >= 0.6 is 11.8 Å². The lowest BCUT2D eigenvalue weighted by molar-refractivity contribution is 0.626. The van der Waals surface area contributed by atoms with Gasteiger partial charge in [0.2, 0.25) is 0 Å². The lowest BCUT2D eigenvalue weighted by Gasteiger charge is -2.13. The van der Waals surface area contributed by atoms with Gasteiger partial charge in [-0.1, -0.05) is 13.8 Å². The second-order valence-corrected chi connectivity index (χ2v) is 7.38. The first kappa shape index (κ1) is 21.3. The maximum absolute atomic E-state index is 12.9. The van der Waals surface area contributed by atoms with Gasteiger partial charge in [0.05, 0.1) is 5.69 Å². The fourth-order valence-corrected chi connectivity index (χ4v) is 3.84. The predicted octanol–water partition coefficient (Wildman–Crippen LogP) is 3.53. The maximum atomic E-state index is 12.9. The third kappa shape index (κ3) is 6.27. The number of rotatable bonds is 9. The third-order valence-corrected chi connectivity index (χ3v) is 5.48. The number of hydrogen-bond acceptors (Lipinski definition) is 3. The molecule has 0 radical (unpaired) electrons. The molecule has 1 aromatic carbocycles. The van der Waals surface area contributed by atoms with Gasteiger partial charge in [-0.25, -0.2) is 4.39 Å². The van der Waals surface area contributed by atoms with Crippen LogP contribution in [0.5, 0.6) is 0 Å². The molecule has 2 rings (SSSR count). The highest BCUT2D eigenvalue weighted by Gasteiger charge is 2.13. The van der Waals surface area contributed by atoms with Crippen molar-refractivity contribution < 1.29 is 4.39 Å². The minimum absolute atomic E-state index is 0.193. The van der Waals surface area contributed by atoms with Gasteiger partial charge in [-0.3, -0.25) is 9.67 Å². The van der Waals surface area contributed by atoms with Crippen LogP contribution in [0.15, 0.2) is 34.2 Å². The van der Waals surface area contributed by atoms with Crippen LogP contribution in [0.25, 0.3) is 0 Å². The molecule has 1 heterocycles. The second-order valence-electron chi connectivity index (χ2n) is 6.21. The van der Waals surface area contributed by atoms with E-state index in [0.29, 0.717) is 0 Å². The Kier molecular flexibility index (Phi) is 8.64. The van der Waals surface area contributed by atoms with E-state index in [0.717, 1.165) is 54.7 Å². The molecule has 0 amide bonds. The van der Waals surface area contributed by atoms with Crippen molar-refractivity contribution in [3.63, 3.8) is 0 Å². The molecule has 5 nitrogen and oxygen atoms in total. The van der Waals surface area contributed by atoms with E-state index < -0.39 is 0 Å². The van der Waals surface area contributed by atoms with Gasteiger partial charge in [0.25, 0.3) is 0 Å². The summed E-state index contributed by atoms with van der Waals surface area (Å²) in [6.07, 6.45) is 2.89. The van der Waals surface area contributed by atoms with E-state index >= 15 is 0 Å². The molecule has 2 aromatic rings. The van der Waals surface area contributed by atoms with Crippen molar-refractivity contribution in [2.75, 3.05) is 19.3 Å². The van der Waals surface area contributed by atoms with E-state index in [4.69, 9.17) is 0 Å². The van der Waals surface area contributed by atoms with Crippen LogP contribution in [0.1, 0.15) is 37.2 Å². The monoisotopic (exact) mass is 391 g/mol. The molecule has 0 bridgehead atoms. The lowest BCUT2D eigenvalue weighted by atomic mass is 10.1. The molecular weight excluding hydrogens is 361 g/mol. The number of thioether (sulfide) groups is 1. The standard InChI is InChI=1S/C20H30FN5S/c1-5-18-17(19(6-2)26(4)25-18)14-24-20(22-3)23-12-7-13-27-16-10-8-15(21)9-11-16/h8-11H,5-7,12-14H2,1-4H3,(H2,22,23,24). The Morgan fingerprint density at radius 1 is 1.19 bits per heavy atom. The molecule has 1 aromatic heterocycles. The molecule has 0 spiro atoms. The van der Waals surface area contributed by atoms with Crippen LogP contribution in [0, 0.1) is 5.82 Å². The Hall–Kier alpha value is -2.02. The molecule has 0 atom stereocenters. The van der Waals surface area contributed by atoms with Gasteiger partial charge in [-0.2, -0.15) is 5.10 Å². The van der Waals surface area contributed by atoms with E-state index in [2.05, 4.69) is 34.6 Å². The summed E-state index contributed by atoms with van der Waals surface area (Å²) in [5.41, 5.74) is 3.69. The topological polar surface area (TPSA) is 54.2 Å². The average Bonchev–Trinajstić information content (AvgIpc) is 2.99. The second kappa shape index (κ2) is 11.0. The highest BCUT2D eigenvalue weighted by Crippen LogP contribution is 2.18. The van der Waals surface area contributed by atoms with Crippen LogP contribution < -0.4 is 10.6 Å². The average molecular weight is 392 g/mol. The zero-order chi connectivity index (χ0) is 19.6. The molecule has 0 aliphatic carbocycles. The number of aliphatic imine (C=N–C) groups is 1. The van der Waals surface area contributed by atoms with Crippen molar-refractivity contribution in [3.05, 3.63) is 47.0 Å². The van der Waals surface area contributed by atoms with E-state index in [9.17, 15) is 4.39 Å². The van der Waals surface area contributed by atoms with Crippen LogP contribution in [0.2, 0.25) is 0 Å². The number of hydrogen-bond donors (Lipinski definition) is 2. The fraction of sp³-hybridized carbons (Fsp3) is 0.500. The number of aryl methyl sites for hydroxylation is 2. The molecule has 0 fully saturated rings. The smallest absolute Gasteiger partial charge is 0.191 e. The zero-order valence-electron chi connectivity index (χ0n) is 16.7. The highest BCUT2D eigenvalue weighted by atomic mass is 32.2. The Labute approximate surface area is 165 Å². The fourth-order valence-electron chi connectivity index (χ4n) is 2.99. The zero-order valence-corrected chi connectivity index (χ0v) is 17.5. The highest BCUT2D eigenvalue weighted by molar-refractivity contribution is 7.99. The van der Waals surface area contributed by atoms with Crippen molar-refractivity contribution in [3.8, 4) is 0 Å². The summed E-state index contributed by atoms with van der Waals surface area (Å²) in [5.74, 6) is 1.58. The van der Waals surface area contributed by atoms with Gasteiger partial charge in [0.1, 0.15) is 5.82 Å². The van der Waals surface area contributed by atoms with Crippen molar-refractivity contribution in [2.24, 2.45) is 12.0 Å². The molecule has 7 heteroatoms. The van der Waals surface area contributed by atoms with Crippen LogP contribution in [0.3, 0.4) is 0 Å². The SMILES string of the molecule is CCc1nn(C)c(CC)c1CNC(=NC)NCCCSc1ccc(F)cc1. The summed E-state index contributed by atoms with van der Waals surface area (Å²) in [4.78, 5) is 5.40. The molecule has 2 N–H and O–H groups in total. The molecule has 148 valence electrons. The lowest BCUT2D eigenvalue weighted by Crippen LogP contribution is -2.37. The summed E-state index contributed by atoms with van der Waals surface area (Å²) >= 11 is 1.73. The summed E-state index contributed by atoms with van der Waals surface area (Å²) in [6, 6.07) is 6.64.